The molecule has 3 N–H and O–H groups in total. The fraction of sp³-hybridized carbons (Fsp3) is 0.667. The Kier molecular flexibility index (Phi) is 13.6. The van der Waals surface area contributed by atoms with Crippen molar-refractivity contribution in [2.75, 3.05) is 6.61 Å². The second-order valence-corrected chi connectivity index (χ2v) is 1.19. The first kappa shape index (κ1) is 12.1. The molecule has 0 amide bonds. The lowest BCUT2D eigenvalue weighted by Gasteiger charge is -1.82. The third kappa shape index (κ3) is 26.2. The molecule has 0 aromatic heterocycles. The van der Waals surface area contributed by atoms with Crippen molar-refractivity contribution in [2.24, 2.45) is 0 Å². The molecule has 0 aromatic carbocycles. The molecule has 0 heterocycles. The average Bonchev–Trinajstić information content (AvgIpc) is 1.89. The Bertz CT molecular complexity index is 98.1. The molecule has 0 unspecified atom stereocenters. The molecule has 0 aliphatic heterocycles. The Morgan fingerprint density at radius 2 is 1.90 bits per heavy atom. The van der Waals surface area contributed by atoms with Crippen LogP contribution < -0.4 is 0 Å². The van der Waals surface area contributed by atoms with Gasteiger partial charge in [-0.25, -0.2) is 4.89 Å². The molecule has 0 aliphatic carbocycles. The Hall–Kier alpha value is -0.600. The summed E-state index contributed by atoms with van der Waals surface area (Å²) in [6, 6.07) is 0. The van der Waals surface area contributed by atoms with Crippen LogP contribution >= 0.6 is 0 Å². The number of aliphatic hydroxyl groups excluding tert-OH is 1. The van der Waals surface area contributed by atoms with Gasteiger partial charge in [0, 0.05) is 0 Å². The maximum absolute atomic E-state index is 7.93. The normalized spacial score (nSPS) is 7.40. The van der Waals surface area contributed by atoms with Gasteiger partial charge in [0.1, 0.15) is 0 Å². The monoisotopic (exact) mass is 148 g/mol. The van der Waals surface area contributed by atoms with Gasteiger partial charge in [-0.1, -0.05) is 0 Å². The first-order valence-electron chi connectivity index (χ1n) is 2.73. The lowest BCUT2D eigenvalue weighted by molar-refractivity contribution is -0.237. The Labute approximate surface area is 60.0 Å². The maximum Gasteiger partial charge on any atom is 0.217 e. The van der Waals surface area contributed by atoms with Gasteiger partial charge < -0.3 is 10.2 Å². The summed E-state index contributed by atoms with van der Waals surface area (Å²) in [5.74, 6) is 4.39. The minimum atomic E-state index is -1.46. The number of hydrogen-bond acceptors (Lipinski definition) is 4. The highest BCUT2D eigenvalue weighted by molar-refractivity contribution is 4.96. The Balaban J connectivity index is 0. The van der Waals surface area contributed by atoms with Gasteiger partial charge in [0.2, 0.25) is 6.29 Å². The molecule has 0 aromatic rings. The van der Waals surface area contributed by atoms with Gasteiger partial charge in [-0.3, -0.25) is 5.26 Å². The standard InChI is InChI=1S/C4H6O2.C2H6O2/c1-2-3-4(5)6;1-2-4-3/h4-6H,1H3;3H,2H2,1H3. The zero-order chi connectivity index (χ0) is 8.41. The van der Waals surface area contributed by atoms with Crippen LogP contribution in [0.2, 0.25) is 0 Å². The van der Waals surface area contributed by atoms with Crippen LogP contribution in [0.5, 0.6) is 0 Å². The first-order chi connectivity index (χ1) is 4.68. The van der Waals surface area contributed by atoms with Gasteiger partial charge in [0.25, 0.3) is 0 Å². The van der Waals surface area contributed by atoms with E-state index in [0.29, 0.717) is 6.61 Å². The molecule has 0 saturated heterocycles. The second kappa shape index (κ2) is 11.2. The molecule has 4 nitrogen and oxygen atoms in total. The third-order valence-electron chi connectivity index (χ3n) is 0.403. The zero-order valence-corrected chi connectivity index (χ0v) is 6.03. The van der Waals surface area contributed by atoms with Crippen molar-refractivity contribution in [1.82, 2.24) is 0 Å². The predicted octanol–water partition coefficient (Wildman–Crippen LogP) is -0.184. The van der Waals surface area contributed by atoms with Crippen molar-refractivity contribution in [3.05, 3.63) is 0 Å². The highest BCUT2D eigenvalue weighted by Crippen LogP contribution is 1.63. The summed E-state index contributed by atoms with van der Waals surface area (Å²) in [6.07, 6.45) is -1.46. The maximum atomic E-state index is 7.93. The van der Waals surface area contributed by atoms with Crippen molar-refractivity contribution < 1.29 is 20.4 Å². The summed E-state index contributed by atoms with van der Waals surface area (Å²) in [5, 5.41) is 23.2. The predicted molar refractivity (Wildman–Crippen MR) is 35.9 cm³/mol. The number of aliphatic hydroxyl groups is 2. The van der Waals surface area contributed by atoms with Crippen molar-refractivity contribution in [3.63, 3.8) is 0 Å². The minimum absolute atomic E-state index is 0.375. The number of hydrogen-bond donors (Lipinski definition) is 3. The van der Waals surface area contributed by atoms with Gasteiger partial charge >= 0.3 is 0 Å². The number of rotatable bonds is 1. The zero-order valence-electron chi connectivity index (χ0n) is 6.03. The summed E-state index contributed by atoms with van der Waals surface area (Å²) in [7, 11) is 0. The molecule has 0 spiro atoms. The molecule has 0 atom stereocenters. The van der Waals surface area contributed by atoms with Crippen LogP contribution in [0.3, 0.4) is 0 Å². The summed E-state index contributed by atoms with van der Waals surface area (Å²) < 4.78 is 0. The first-order valence-corrected chi connectivity index (χ1v) is 2.73. The van der Waals surface area contributed by atoms with Gasteiger partial charge in [0.15, 0.2) is 0 Å². The summed E-state index contributed by atoms with van der Waals surface area (Å²) in [6.45, 7) is 3.62. The van der Waals surface area contributed by atoms with E-state index < -0.39 is 6.29 Å². The molecule has 0 bridgehead atoms. The van der Waals surface area contributed by atoms with Crippen LogP contribution in [-0.2, 0) is 4.89 Å². The smallest absolute Gasteiger partial charge is 0.217 e. The summed E-state index contributed by atoms with van der Waals surface area (Å²) >= 11 is 0. The SMILES string of the molecule is CC#CC(O)O.CCOO. The molecular formula is C6H12O4. The highest BCUT2D eigenvalue weighted by Gasteiger charge is 1.79. The van der Waals surface area contributed by atoms with E-state index in [9.17, 15) is 0 Å². The highest BCUT2D eigenvalue weighted by atomic mass is 17.1. The van der Waals surface area contributed by atoms with Crippen LogP contribution in [0.15, 0.2) is 0 Å². The van der Waals surface area contributed by atoms with E-state index in [0.717, 1.165) is 0 Å². The molecule has 0 saturated carbocycles. The fourth-order valence-corrected chi connectivity index (χ4v) is 0.129. The lowest BCUT2D eigenvalue weighted by atomic mass is 10.6. The van der Waals surface area contributed by atoms with Gasteiger partial charge in [-0.05, 0) is 19.8 Å². The van der Waals surface area contributed by atoms with Gasteiger partial charge in [0.05, 0.1) is 6.61 Å². The lowest BCUT2D eigenvalue weighted by Crippen LogP contribution is -1.97. The molecule has 0 aliphatic rings. The van der Waals surface area contributed by atoms with Crippen LogP contribution in [0.4, 0.5) is 0 Å². The molecule has 60 valence electrons. The van der Waals surface area contributed by atoms with E-state index in [1.807, 2.05) is 0 Å². The molecule has 10 heavy (non-hydrogen) atoms. The van der Waals surface area contributed by atoms with Crippen molar-refractivity contribution in [2.45, 2.75) is 20.1 Å². The van der Waals surface area contributed by atoms with Crippen LogP contribution in [0.1, 0.15) is 13.8 Å². The second-order valence-electron chi connectivity index (χ2n) is 1.19. The molecule has 4 heteroatoms. The Morgan fingerprint density at radius 1 is 1.50 bits per heavy atom. The van der Waals surface area contributed by atoms with Crippen molar-refractivity contribution >= 4 is 0 Å². The fourth-order valence-electron chi connectivity index (χ4n) is 0.129. The molecule has 0 fully saturated rings. The largest absolute Gasteiger partial charge is 0.358 e. The van der Waals surface area contributed by atoms with Crippen molar-refractivity contribution in [3.8, 4) is 11.8 Å². The average molecular weight is 148 g/mol. The van der Waals surface area contributed by atoms with Gasteiger partial charge in [-0.15, -0.1) is 5.92 Å². The quantitative estimate of drug-likeness (QED) is 0.209. The Morgan fingerprint density at radius 3 is 1.90 bits per heavy atom. The van der Waals surface area contributed by atoms with E-state index in [-0.39, 0.29) is 0 Å². The van der Waals surface area contributed by atoms with Gasteiger partial charge in [-0.2, -0.15) is 0 Å². The van der Waals surface area contributed by atoms with E-state index in [4.69, 9.17) is 15.5 Å². The van der Waals surface area contributed by atoms with E-state index in [2.05, 4.69) is 16.7 Å². The third-order valence-corrected chi connectivity index (χ3v) is 0.403. The van der Waals surface area contributed by atoms with Crippen LogP contribution in [0.25, 0.3) is 0 Å². The van der Waals surface area contributed by atoms with Crippen LogP contribution in [-0.4, -0.2) is 28.4 Å². The summed E-state index contributed by atoms with van der Waals surface area (Å²) in [4.78, 5) is 3.54. The van der Waals surface area contributed by atoms with E-state index in [1.165, 1.54) is 0 Å². The minimum Gasteiger partial charge on any atom is -0.358 e. The van der Waals surface area contributed by atoms with Crippen LogP contribution in [0, 0.1) is 11.8 Å². The molecule has 0 rings (SSSR count). The summed E-state index contributed by atoms with van der Waals surface area (Å²) in [5.41, 5.74) is 0. The van der Waals surface area contributed by atoms with E-state index >= 15 is 0 Å². The topological polar surface area (TPSA) is 69.9 Å². The molecule has 0 radical (unpaired) electrons. The van der Waals surface area contributed by atoms with Crippen molar-refractivity contribution in [1.29, 1.82) is 0 Å². The molecular weight excluding hydrogens is 136 g/mol. The van der Waals surface area contributed by atoms with E-state index in [1.54, 1.807) is 13.8 Å².